The van der Waals surface area contributed by atoms with Crippen molar-refractivity contribution in [2.45, 2.75) is 13.8 Å². The second-order valence-corrected chi connectivity index (χ2v) is 5.75. The number of carbonyl (C=O) groups excluding carboxylic acids is 1. The van der Waals surface area contributed by atoms with Gasteiger partial charge in [-0.3, -0.25) is 0 Å². The third kappa shape index (κ3) is 2.42. The molecule has 0 saturated heterocycles. The van der Waals surface area contributed by atoms with Gasteiger partial charge in [-0.2, -0.15) is 0 Å². The Kier molecular flexibility index (Phi) is 3.77. The highest BCUT2D eigenvalue weighted by atomic mass is 32.1. The van der Waals surface area contributed by atoms with Gasteiger partial charge in [-0.25, -0.2) is 14.8 Å². The number of hydrogen-bond acceptors (Lipinski definition) is 6. The number of benzene rings is 1. The molecule has 0 spiro atoms. The van der Waals surface area contributed by atoms with E-state index in [0.29, 0.717) is 28.0 Å². The van der Waals surface area contributed by atoms with Gasteiger partial charge < -0.3 is 10.5 Å². The van der Waals surface area contributed by atoms with Crippen molar-refractivity contribution in [3.63, 3.8) is 0 Å². The lowest BCUT2D eigenvalue weighted by molar-refractivity contribution is 0.0531. The minimum atomic E-state index is -0.344. The minimum Gasteiger partial charge on any atom is -0.462 e. The number of hydrogen-bond donors (Lipinski definition) is 1. The summed E-state index contributed by atoms with van der Waals surface area (Å²) < 4.78 is 5.08. The van der Waals surface area contributed by atoms with E-state index in [1.165, 1.54) is 11.3 Å². The number of esters is 1. The highest BCUT2D eigenvalue weighted by molar-refractivity contribution is 7.20. The normalized spacial score (nSPS) is 10.8. The molecule has 3 rings (SSSR count). The maximum Gasteiger partial charge on any atom is 0.348 e. The van der Waals surface area contributed by atoms with Crippen LogP contribution in [0.4, 0.5) is 5.82 Å². The summed E-state index contributed by atoms with van der Waals surface area (Å²) in [5.41, 5.74) is 7.75. The molecular formula is C16H15N3O2S. The van der Waals surface area contributed by atoms with Gasteiger partial charge in [0.15, 0.2) is 5.82 Å². The lowest BCUT2D eigenvalue weighted by atomic mass is 10.2. The molecule has 2 aromatic heterocycles. The molecule has 0 amide bonds. The van der Waals surface area contributed by atoms with Crippen LogP contribution in [0.2, 0.25) is 0 Å². The molecule has 0 unspecified atom stereocenters. The van der Waals surface area contributed by atoms with E-state index in [2.05, 4.69) is 9.97 Å². The number of ether oxygens (including phenoxy) is 1. The van der Waals surface area contributed by atoms with Crippen LogP contribution in [0.25, 0.3) is 21.6 Å². The van der Waals surface area contributed by atoms with Crippen molar-refractivity contribution in [1.82, 2.24) is 9.97 Å². The summed E-state index contributed by atoms with van der Waals surface area (Å²) in [4.78, 5) is 22.2. The van der Waals surface area contributed by atoms with Crippen LogP contribution in [-0.2, 0) is 4.74 Å². The number of aryl methyl sites for hydroxylation is 1. The van der Waals surface area contributed by atoms with Crippen LogP contribution in [0.5, 0.6) is 0 Å². The topological polar surface area (TPSA) is 78.1 Å². The first-order chi connectivity index (χ1) is 10.6. The summed E-state index contributed by atoms with van der Waals surface area (Å²) in [6.07, 6.45) is 0. The molecular weight excluding hydrogens is 298 g/mol. The molecule has 3 aromatic rings. The van der Waals surface area contributed by atoms with Crippen molar-refractivity contribution in [1.29, 1.82) is 0 Å². The SMILES string of the molecule is CCOC(=O)c1sc2nc(-c3ccccc3)nc(N)c2c1C. The fraction of sp³-hybridized carbons (Fsp3) is 0.188. The first kappa shape index (κ1) is 14.5. The monoisotopic (exact) mass is 313 g/mol. The zero-order chi connectivity index (χ0) is 15.7. The van der Waals surface area contributed by atoms with Crippen LogP contribution < -0.4 is 5.73 Å². The van der Waals surface area contributed by atoms with E-state index in [4.69, 9.17) is 10.5 Å². The Morgan fingerprint density at radius 3 is 2.68 bits per heavy atom. The van der Waals surface area contributed by atoms with E-state index < -0.39 is 0 Å². The molecule has 6 heteroatoms. The molecule has 2 heterocycles. The number of aromatic nitrogens is 2. The summed E-state index contributed by atoms with van der Waals surface area (Å²) in [5.74, 6) is 0.596. The largest absolute Gasteiger partial charge is 0.462 e. The Hall–Kier alpha value is -2.47. The molecule has 0 fully saturated rings. The van der Waals surface area contributed by atoms with Crippen molar-refractivity contribution in [2.75, 3.05) is 12.3 Å². The summed E-state index contributed by atoms with van der Waals surface area (Å²) in [6.45, 7) is 3.96. The van der Waals surface area contributed by atoms with Crippen LogP contribution in [0.3, 0.4) is 0 Å². The highest BCUT2D eigenvalue weighted by Crippen LogP contribution is 2.34. The van der Waals surface area contributed by atoms with Gasteiger partial charge in [-0.1, -0.05) is 30.3 Å². The summed E-state index contributed by atoms with van der Waals surface area (Å²) in [7, 11) is 0. The zero-order valence-corrected chi connectivity index (χ0v) is 13.1. The fourth-order valence-corrected chi connectivity index (χ4v) is 3.36. The van der Waals surface area contributed by atoms with Gasteiger partial charge in [-0.15, -0.1) is 11.3 Å². The average molecular weight is 313 g/mol. The predicted molar refractivity (Wildman–Crippen MR) is 88.0 cm³/mol. The molecule has 1 aromatic carbocycles. The Morgan fingerprint density at radius 1 is 1.27 bits per heavy atom. The predicted octanol–water partition coefficient (Wildman–Crippen LogP) is 3.43. The number of anilines is 1. The molecule has 0 aliphatic heterocycles. The minimum absolute atomic E-state index is 0.336. The van der Waals surface area contributed by atoms with E-state index in [-0.39, 0.29) is 5.97 Å². The Morgan fingerprint density at radius 2 is 2.00 bits per heavy atom. The number of carbonyl (C=O) groups is 1. The number of nitrogens with zero attached hydrogens (tertiary/aromatic N) is 2. The number of rotatable bonds is 3. The average Bonchev–Trinajstić information content (AvgIpc) is 2.86. The number of fused-ring (bicyclic) bond motifs is 1. The van der Waals surface area contributed by atoms with Gasteiger partial charge in [0.2, 0.25) is 0 Å². The standard InChI is InChI=1S/C16H15N3O2S/c1-3-21-16(20)12-9(2)11-13(17)18-14(19-15(11)22-12)10-7-5-4-6-8-10/h4-8H,3H2,1-2H3,(H2,17,18,19). The van der Waals surface area contributed by atoms with Crippen molar-refractivity contribution >= 4 is 33.3 Å². The third-order valence-corrected chi connectivity index (χ3v) is 4.48. The van der Waals surface area contributed by atoms with Crippen LogP contribution in [0.1, 0.15) is 22.2 Å². The van der Waals surface area contributed by atoms with E-state index in [1.807, 2.05) is 37.3 Å². The molecule has 0 aliphatic carbocycles. The Labute approximate surface area is 131 Å². The van der Waals surface area contributed by atoms with Gasteiger partial charge in [0, 0.05) is 5.56 Å². The van der Waals surface area contributed by atoms with Crippen molar-refractivity contribution < 1.29 is 9.53 Å². The Bertz CT molecular complexity index is 843. The number of nitrogen functional groups attached to an aromatic ring is 1. The van der Waals surface area contributed by atoms with Crippen molar-refractivity contribution in [3.05, 3.63) is 40.8 Å². The van der Waals surface area contributed by atoms with Crippen LogP contribution in [0.15, 0.2) is 30.3 Å². The maximum absolute atomic E-state index is 12.0. The molecule has 0 bridgehead atoms. The molecule has 0 atom stereocenters. The van der Waals surface area contributed by atoms with E-state index in [9.17, 15) is 4.79 Å². The van der Waals surface area contributed by atoms with Crippen molar-refractivity contribution in [3.8, 4) is 11.4 Å². The van der Waals surface area contributed by atoms with Crippen LogP contribution in [0, 0.1) is 6.92 Å². The molecule has 112 valence electrons. The fourth-order valence-electron chi connectivity index (χ4n) is 2.28. The lowest BCUT2D eigenvalue weighted by Crippen LogP contribution is -2.03. The first-order valence-corrected chi connectivity index (χ1v) is 7.72. The van der Waals surface area contributed by atoms with Gasteiger partial charge in [0.25, 0.3) is 0 Å². The summed E-state index contributed by atoms with van der Waals surface area (Å²) >= 11 is 1.29. The smallest absolute Gasteiger partial charge is 0.348 e. The third-order valence-electron chi connectivity index (χ3n) is 3.31. The maximum atomic E-state index is 12.0. The van der Waals surface area contributed by atoms with Gasteiger partial charge in [0.05, 0.1) is 12.0 Å². The zero-order valence-electron chi connectivity index (χ0n) is 12.3. The number of nitrogens with two attached hydrogens (primary N) is 1. The summed E-state index contributed by atoms with van der Waals surface area (Å²) in [6, 6.07) is 9.62. The second-order valence-electron chi connectivity index (χ2n) is 4.76. The van der Waals surface area contributed by atoms with Gasteiger partial charge in [0.1, 0.15) is 15.5 Å². The van der Waals surface area contributed by atoms with Gasteiger partial charge >= 0.3 is 5.97 Å². The first-order valence-electron chi connectivity index (χ1n) is 6.91. The van der Waals surface area contributed by atoms with E-state index in [0.717, 1.165) is 16.5 Å². The molecule has 0 aliphatic rings. The van der Waals surface area contributed by atoms with Crippen LogP contribution in [-0.4, -0.2) is 22.5 Å². The highest BCUT2D eigenvalue weighted by Gasteiger charge is 2.20. The molecule has 22 heavy (non-hydrogen) atoms. The quantitative estimate of drug-likeness (QED) is 0.750. The second kappa shape index (κ2) is 5.73. The molecule has 0 saturated carbocycles. The number of thiophene rings is 1. The van der Waals surface area contributed by atoms with E-state index in [1.54, 1.807) is 6.92 Å². The lowest BCUT2D eigenvalue weighted by Gasteiger charge is -2.03. The molecule has 2 N–H and O–H groups in total. The Balaban J connectivity index is 2.17. The molecule has 5 nitrogen and oxygen atoms in total. The van der Waals surface area contributed by atoms with Crippen LogP contribution >= 0.6 is 11.3 Å². The van der Waals surface area contributed by atoms with E-state index >= 15 is 0 Å². The van der Waals surface area contributed by atoms with Crippen molar-refractivity contribution in [2.24, 2.45) is 0 Å². The summed E-state index contributed by atoms with van der Waals surface area (Å²) in [5, 5.41) is 0.729. The van der Waals surface area contributed by atoms with Gasteiger partial charge in [-0.05, 0) is 19.4 Å². The molecule has 0 radical (unpaired) electrons.